The third-order valence-corrected chi connectivity index (χ3v) is 3.99. The first kappa shape index (κ1) is 11.5. The van der Waals surface area contributed by atoms with Crippen LogP contribution in [-0.4, -0.2) is 35.6 Å². The van der Waals surface area contributed by atoms with Gasteiger partial charge in [-0.25, -0.2) is 0 Å². The normalized spacial score (nSPS) is 38.6. The summed E-state index contributed by atoms with van der Waals surface area (Å²) in [6.45, 7) is 4.23. The monoisotopic (exact) mass is 199 g/mol. The summed E-state index contributed by atoms with van der Waals surface area (Å²) in [4.78, 5) is 13.3. The van der Waals surface area contributed by atoms with Crippen LogP contribution in [0.1, 0.15) is 33.1 Å². The maximum Gasteiger partial charge on any atom is 0.324 e. The van der Waals surface area contributed by atoms with E-state index in [0.29, 0.717) is 5.92 Å². The Morgan fingerprint density at radius 2 is 2.00 bits per heavy atom. The number of rotatable bonds is 2. The van der Waals surface area contributed by atoms with Crippen LogP contribution in [0.25, 0.3) is 0 Å². The molecular formula is C11H21NO2. The minimum Gasteiger partial charge on any atom is -0.480 e. The molecule has 1 aliphatic carbocycles. The highest BCUT2D eigenvalue weighted by Gasteiger charge is 2.49. The second-order valence-electron chi connectivity index (χ2n) is 4.78. The standard InChI is InChI=1S/C11H21NO2/c1-8-6-5-7-11(9(8)2,10(13)14)12(3)4/h8-9H,5-7H2,1-4H3,(H,13,14). The zero-order valence-corrected chi connectivity index (χ0v) is 9.58. The van der Waals surface area contributed by atoms with Crippen LogP contribution < -0.4 is 0 Å². The summed E-state index contributed by atoms with van der Waals surface area (Å²) >= 11 is 0. The summed E-state index contributed by atoms with van der Waals surface area (Å²) in [5, 5.41) is 9.41. The van der Waals surface area contributed by atoms with E-state index in [1.807, 2.05) is 19.0 Å². The average molecular weight is 199 g/mol. The quantitative estimate of drug-likeness (QED) is 0.737. The molecule has 0 aromatic heterocycles. The molecule has 0 aromatic rings. The van der Waals surface area contributed by atoms with Gasteiger partial charge in [0.2, 0.25) is 0 Å². The average Bonchev–Trinajstić information content (AvgIpc) is 2.08. The molecule has 1 aliphatic rings. The van der Waals surface area contributed by atoms with Gasteiger partial charge in [-0.15, -0.1) is 0 Å². The summed E-state index contributed by atoms with van der Waals surface area (Å²) < 4.78 is 0. The zero-order valence-electron chi connectivity index (χ0n) is 9.58. The fourth-order valence-electron chi connectivity index (χ4n) is 2.77. The predicted octanol–water partition coefficient (Wildman–Crippen LogP) is 1.83. The van der Waals surface area contributed by atoms with Crippen LogP contribution in [-0.2, 0) is 4.79 Å². The van der Waals surface area contributed by atoms with Crippen LogP contribution in [0.3, 0.4) is 0 Å². The van der Waals surface area contributed by atoms with Gasteiger partial charge in [-0.3, -0.25) is 9.69 Å². The van der Waals surface area contributed by atoms with Gasteiger partial charge in [0, 0.05) is 0 Å². The smallest absolute Gasteiger partial charge is 0.324 e. The van der Waals surface area contributed by atoms with Crippen molar-refractivity contribution >= 4 is 5.97 Å². The topological polar surface area (TPSA) is 40.5 Å². The van der Waals surface area contributed by atoms with Crippen molar-refractivity contribution in [2.75, 3.05) is 14.1 Å². The van der Waals surface area contributed by atoms with Crippen molar-refractivity contribution in [3.63, 3.8) is 0 Å². The van der Waals surface area contributed by atoms with E-state index in [9.17, 15) is 9.90 Å². The summed E-state index contributed by atoms with van der Waals surface area (Å²) in [6.07, 6.45) is 2.96. The lowest BCUT2D eigenvalue weighted by Gasteiger charge is -2.46. The van der Waals surface area contributed by atoms with Gasteiger partial charge in [-0.05, 0) is 32.4 Å². The van der Waals surface area contributed by atoms with Gasteiger partial charge >= 0.3 is 5.97 Å². The molecular weight excluding hydrogens is 178 g/mol. The van der Waals surface area contributed by atoms with Gasteiger partial charge in [0.05, 0.1) is 0 Å². The van der Waals surface area contributed by atoms with Crippen LogP contribution >= 0.6 is 0 Å². The van der Waals surface area contributed by atoms with Crippen LogP contribution in [0.2, 0.25) is 0 Å². The van der Waals surface area contributed by atoms with Crippen LogP contribution in [0.15, 0.2) is 0 Å². The lowest BCUT2D eigenvalue weighted by Crippen LogP contribution is -2.59. The molecule has 14 heavy (non-hydrogen) atoms. The van der Waals surface area contributed by atoms with Crippen molar-refractivity contribution < 1.29 is 9.90 Å². The molecule has 3 nitrogen and oxygen atoms in total. The van der Waals surface area contributed by atoms with Crippen molar-refractivity contribution in [3.8, 4) is 0 Å². The van der Waals surface area contributed by atoms with E-state index in [1.165, 1.54) is 0 Å². The minimum absolute atomic E-state index is 0.226. The Balaban J connectivity index is 3.01. The molecule has 0 bridgehead atoms. The predicted molar refractivity (Wildman–Crippen MR) is 56.2 cm³/mol. The van der Waals surface area contributed by atoms with Crippen molar-refractivity contribution in [1.29, 1.82) is 0 Å². The Bertz CT molecular complexity index is 227. The van der Waals surface area contributed by atoms with E-state index in [4.69, 9.17) is 0 Å². The molecule has 1 N–H and O–H groups in total. The van der Waals surface area contributed by atoms with Gasteiger partial charge in [-0.1, -0.05) is 26.7 Å². The van der Waals surface area contributed by atoms with Crippen LogP contribution in [0.4, 0.5) is 0 Å². The number of carboxylic acid groups (broad SMARTS) is 1. The molecule has 0 radical (unpaired) electrons. The Labute approximate surface area is 86.1 Å². The number of hydrogen-bond donors (Lipinski definition) is 1. The second-order valence-corrected chi connectivity index (χ2v) is 4.78. The molecule has 3 unspecified atom stereocenters. The third kappa shape index (κ3) is 1.54. The third-order valence-electron chi connectivity index (χ3n) is 3.99. The molecule has 0 spiro atoms. The Kier molecular flexibility index (Phi) is 3.20. The van der Waals surface area contributed by atoms with Gasteiger partial charge in [0.1, 0.15) is 5.54 Å². The highest BCUT2D eigenvalue weighted by molar-refractivity contribution is 5.79. The highest BCUT2D eigenvalue weighted by atomic mass is 16.4. The van der Waals surface area contributed by atoms with E-state index in [2.05, 4.69) is 13.8 Å². The van der Waals surface area contributed by atoms with Crippen molar-refractivity contribution in [2.24, 2.45) is 11.8 Å². The number of likely N-dealkylation sites (N-methyl/N-ethyl adjacent to an activating group) is 1. The van der Waals surface area contributed by atoms with Crippen molar-refractivity contribution in [1.82, 2.24) is 4.90 Å². The van der Waals surface area contributed by atoms with Crippen molar-refractivity contribution in [3.05, 3.63) is 0 Å². The summed E-state index contributed by atoms with van der Waals surface area (Å²) in [6, 6.07) is 0. The molecule has 82 valence electrons. The molecule has 3 atom stereocenters. The first-order valence-corrected chi connectivity index (χ1v) is 5.33. The Morgan fingerprint density at radius 3 is 2.36 bits per heavy atom. The van der Waals surface area contributed by atoms with E-state index in [-0.39, 0.29) is 5.92 Å². The number of aliphatic carboxylic acids is 1. The number of nitrogens with zero attached hydrogens (tertiary/aromatic N) is 1. The number of carbonyl (C=O) groups is 1. The Morgan fingerprint density at radius 1 is 1.43 bits per heavy atom. The van der Waals surface area contributed by atoms with Gasteiger partial charge < -0.3 is 5.11 Å². The van der Waals surface area contributed by atoms with E-state index < -0.39 is 11.5 Å². The maximum atomic E-state index is 11.4. The highest BCUT2D eigenvalue weighted by Crippen LogP contribution is 2.40. The van der Waals surface area contributed by atoms with E-state index in [0.717, 1.165) is 19.3 Å². The van der Waals surface area contributed by atoms with Gasteiger partial charge in [-0.2, -0.15) is 0 Å². The maximum absolute atomic E-state index is 11.4. The molecule has 1 saturated carbocycles. The lowest BCUT2D eigenvalue weighted by atomic mass is 9.67. The number of hydrogen-bond acceptors (Lipinski definition) is 2. The minimum atomic E-state index is -0.665. The van der Waals surface area contributed by atoms with E-state index in [1.54, 1.807) is 0 Å². The van der Waals surface area contributed by atoms with Crippen LogP contribution in [0.5, 0.6) is 0 Å². The molecule has 1 rings (SSSR count). The fraction of sp³-hybridized carbons (Fsp3) is 0.909. The first-order valence-electron chi connectivity index (χ1n) is 5.33. The zero-order chi connectivity index (χ0) is 10.9. The molecule has 1 fully saturated rings. The lowest BCUT2D eigenvalue weighted by molar-refractivity contribution is -0.158. The fourth-order valence-corrected chi connectivity index (χ4v) is 2.77. The van der Waals surface area contributed by atoms with Crippen molar-refractivity contribution in [2.45, 2.75) is 38.6 Å². The van der Waals surface area contributed by atoms with Crippen LogP contribution in [0, 0.1) is 11.8 Å². The first-order chi connectivity index (χ1) is 6.43. The summed E-state index contributed by atoms with van der Waals surface area (Å²) in [5.74, 6) is 0.0625. The van der Waals surface area contributed by atoms with E-state index >= 15 is 0 Å². The molecule has 0 aliphatic heterocycles. The summed E-state index contributed by atoms with van der Waals surface area (Å²) in [7, 11) is 3.76. The number of carboxylic acids is 1. The SMILES string of the molecule is CC1CCCC(C(=O)O)(N(C)C)C1C. The van der Waals surface area contributed by atoms with Gasteiger partial charge in [0.25, 0.3) is 0 Å². The van der Waals surface area contributed by atoms with Gasteiger partial charge in [0.15, 0.2) is 0 Å². The molecule has 0 saturated heterocycles. The molecule has 3 heteroatoms. The molecule has 0 amide bonds. The second kappa shape index (κ2) is 3.89. The largest absolute Gasteiger partial charge is 0.480 e. The molecule has 0 heterocycles. The Hall–Kier alpha value is -0.570. The summed E-state index contributed by atoms with van der Waals surface area (Å²) in [5.41, 5.74) is -0.641. The molecule has 0 aromatic carbocycles.